The number of halogens is 4. The molecule has 0 saturated heterocycles. The molecule has 0 saturated carbocycles. The first-order valence-electron chi connectivity index (χ1n) is 6.74. The predicted octanol–water partition coefficient (Wildman–Crippen LogP) is 3.93. The number of anilines is 1. The van der Waals surface area contributed by atoms with Crippen molar-refractivity contribution in [2.75, 3.05) is 11.9 Å². The lowest BCUT2D eigenvalue weighted by Crippen LogP contribution is -2.29. The molecule has 0 aliphatic heterocycles. The summed E-state index contributed by atoms with van der Waals surface area (Å²) in [6.07, 6.45) is -0.379. The molecule has 2 N–H and O–H groups in total. The van der Waals surface area contributed by atoms with Crippen molar-refractivity contribution in [3.63, 3.8) is 0 Å². The lowest BCUT2D eigenvalue weighted by molar-refractivity contribution is -0.137. The number of aryl methyl sites for hydroxylation is 1. The smallest absolute Gasteiger partial charge is 0.362 e. The van der Waals surface area contributed by atoms with E-state index in [0.29, 0.717) is 18.1 Å². The summed E-state index contributed by atoms with van der Waals surface area (Å²) in [5, 5.41) is 10.5. The van der Waals surface area contributed by atoms with Gasteiger partial charge in [-0.25, -0.2) is 0 Å². The third kappa shape index (κ3) is 5.72. The zero-order valence-electron chi connectivity index (χ0n) is 11.9. The molecular formula is C14H14ClF3N4S. The quantitative estimate of drug-likeness (QED) is 0.624. The van der Waals surface area contributed by atoms with Crippen molar-refractivity contribution in [2.24, 2.45) is 0 Å². The van der Waals surface area contributed by atoms with Crippen LogP contribution in [-0.4, -0.2) is 21.4 Å². The summed E-state index contributed by atoms with van der Waals surface area (Å²) in [5.74, 6) is 0. The van der Waals surface area contributed by atoms with E-state index < -0.39 is 11.7 Å². The number of hydrogen-bond acceptors (Lipinski definition) is 2. The van der Waals surface area contributed by atoms with Crippen molar-refractivity contribution >= 4 is 34.6 Å². The first kappa shape index (κ1) is 17.6. The van der Waals surface area contributed by atoms with Crippen LogP contribution in [0.25, 0.3) is 0 Å². The Morgan fingerprint density at radius 2 is 2.13 bits per heavy atom. The molecule has 0 radical (unpaired) electrons. The average Bonchev–Trinajstić information content (AvgIpc) is 2.89. The van der Waals surface area contributed by atoms with Gasteiger partial charge in [-0.1, -0.05) is 17.7 Å². The number of aromatic nitrogens is 2. The number of benzene rings is 1. The van der Waals surface area contributed by atoms with Crippen molar-refractivity contribution in [1.29, 1.82) is 0 Å². The summed E-state index contributed by atoms with van der Waals surface area (Å²) in [6, 6.07) is 4.88. The fraction of sp³-hybridized carbons (Fsp3) is 0.286. The second-order valence-corrected chi connectivity index (χ2v) is 5.58. The highest BCUT2D eigenvalue weighted by molar-refractivity contribution is 7.80. The maximum Gasteiger partial charge on any atom is 0.416 e. The normalized spacial score (nSPS) is 11.3. The van der Waals surface area contributed by atoms with Gasteiger partial charge in [-0.05, 0) is 36.8 Å². The minimum absolute atomic E-state index is 0.267. The van der Waals surface area contributed by atoms with E-state index in [1.165, 1.54) is 12.1 Å². The number of nitrogens with zero attached hydrogens (tertiary/aromatic N) is 2. The number of alkyl halides is 3. The maximum atomic E-state index is 12.6. The van der Waals surface area contributed by atoms with Crippen molar-refractivity contribution < 1.29 is 13.2 Å². The van der Waals surface area contributed by atoms with Gasteiger partial charge >= 0.3 is 6.18 Å². The Hall–Kier alpha value is -1.80. The summed E-state index contributed by atoms with van der Waals surface area (Å²) in [6.45, 7) is 1.22. The standard InChI is InChI=1S/C14H14ClF3N4S/c15-11-8-20-22(9-11)6-2-5-19-13(23)21-12-4-1-3-10(7-12)14(16,17)18/h1,3-4,7-9H,2,5-6H2,(H2,19,21,23). The third-order valence-corrected chi connectivity index (χ3v) is 3.34. The molecule has 1 aromatic carbocycles. The van der Waals surface area contributed by atoms with E-state index in [-0.39, 0.29) is 10.8 Å². The summed E-state index contributed by atoms with van der Waals surface area (Å²) in [7, 11) is 0. The topological polar surface area (TPSA) is 41.9 Å². The molecule has 0 atom stereocenters. The van der Waals surface area contributed by atoms with Gasteiger partial charge in [-0.3, -0.25) is 4.68 Å². The van der Waals surface area contributed by atoms with Crippen LogP contribution in [-0.2, 0) is 12.7 Å². The Bertz CT molecular complexity index is 672. The molecule has 2 rings (SSSR count). The molecule has 1 aromatic heterocycles. The number of rotatable bonds is 5. The predicted molar refractivity (Wildman–Crippen MR) is 87.5 cm³/mol. The molecular weight excluding hydrogens is 349 g/mol. The second-order valence-electron chi connectivity index (χ2n) is 4.73. The van der Waals surface area contributed by atoms with E-state index in [4.69, 9.17) is 23.8 Å². The van der Waals surface area contributed by atoms with Gasteiger partial charge in [0.1, 0.15) is 0 Å². The summed E-state index contributed by atoms with van der Waals surface area (Å²) >= 11 is 10.8. The van der Waals surface area contributed by atoms with Crippen molar-refractivity contribution in [3.8, 4) is 0 Å². The summed E-state index contributed by atoms with van der Waals surface area (Å²) in [4.78, 5) is 0. The van der Waals surface area contributed by atoms with Crippen molar-refractivity contribution in [3.05, 3.63) is 47.2 Å². The van der Waals surface area contributed by atoms with Crippen LogP contribution < -0.4 is 10.6 Å². The van der Waals surface area contributed by atoms with Crippen LogP contribution in [0.2, 0.25) is 5.02 Å². The van der Waals surface area contributed by atoms with Crippen molar-refractivity contribution in [1.82, 2.24) is 15.1 Å². The molecule has 1 heterocycles. The Morgan fingerprint density at radius 3 is 2.78 bits per heavy atom. The van der Waals surface area contributed by atoms with Gasteiger partial charge in [0.25, 0.3) is 0 Å². The minimum Gasteiger partial charge on any atom is -0.362 e. The van der Waals surface area contributed by atoms with Crippen LogP contribution in [0.4, 0.5) is 18.9 Å². The molecule has 4 nitrogen and oxygen atoms in total. The summed E-state index contributed by atoms with van der Waals surface area (Å²) in [5.41, 5.74) is -0.433. The Labute approximate surface area is 141 Å². The molecule has 0 spiro atoms. The monoisotopic (exact) mass is 362 g/mol. The van der Waals surface area contributed by atoms with Gasteiger partial charge in [0, 0.05) is 25.0 Å². The molecule has 0 unspecified atom stereocenters. The van der Waals surface area contributed by atoms with Gasteiger partial charge in [0.15, 0.2) is 5.11 Å². The second kappa shape index (κ2) is 7.65. The molecule has 124 valence electrons. The van der Waals surface area contributed by atoms with E-state index >= 15 is 0 Å². The lowest BCUT2D eigenvalue weighted by atomic mass is 10.2. The van der Waals surface area contributed by atoms with E-state index in [2.05, 4.69) is 15.7 Å². The molecule has 0 bridgehead atoms. The minimum atomic E-state index is -4.38. The van der Waals surface area contributed by atoms with Crippen molar-refractivity contribution in [2.45, 2.75) is 19.1 Å². The molecule has 0 aliphatic rings. The molecule has 23 heavy (non-hydrogen) atoms. The number of thiocarbonyl (C=S) groups is 1. The maximum absolute atomic E-state index is 12.6. The van der Waals surface area contributed by atoms with Crippen LogP contribution in [0.5, 0.6) is 0 Å². The van der Waals surface area contributed by atoms with E-state index in [1.54, 1.807) is 17.1 Å². The van der Waals surface area contributed by atoms with Gasteiger partial charge < -0.3 is 10.6 Å². The summed E-state index contributed by atoms with van der Waals surface area (Å²) < 4.78 is 39.6. The van der Waals surface area contributed by atoms with Crippen LogP contribution in [0.15, 0.2) is 36.7 Å². The SMILES string of the molecule is FC(F)(F)c1cccc(NC(=S)NCCCn2cc(Cl)cn2)c1. The van der Waals surface area contributed by atoms with Gasteiger partial charge in [-0.15, -0.1) is 0 Å². The molecule has 0 aliphatic carbocycles. The molecule has 2 aromatic rings. The average molecular weight is 363 g/mol. The fourth-order valence-corrected chi connectivity index (χ4v) is 2.23. The highest BCUT2D eigenvalue weighted by atomic mass is 35.5. The highest BCUT2D eigenvalue weighted by Gasteiger charge is 2.30. The van der Waals surface area contributed by atoms with Crippen LogP contribution in [0.3, 0.4) is 0 Å². The van der Waals surface area contributed by atoms with Crippen LogP contribution >= 0.6 is 23.8 Å². The fourth-order valence-electron chi connectivity index (χ4n) is 1.85. The third-order valence-electron chi connectivity index (χ3n) is 2.90. The van der Waals surface area contributed by atoms with E-state index in [1.807, 2.05) is 0 Å². The van der Waals surface area contributed by atoms with E-state index in [9.17, 15) is 13.2 Å². The van der Waals surface area contributed by atoms with Crippen LogP contribution in [0.1, 0.15) is 12.0 Å². The first-order valence-corrected chi connectivity index (χ1v) is 7.53. The lowest BCUT2D eigenvalue weighted by Gasteiger charge is -2.12. The zero-order valence-corrected chi connectivity index (χ0v) is 13.5. The first-order chi connectivity index (χ1) is 10.8. The Morgan fingerprint density at radius 1 is 1.35 bits per heavy atom. The molecule has 0 amide bonds. The Kier molecular flexibility index (Phi) is 5.84. The van der Waals surface area contributed by atoms with E-state index in [0.717, 1.165) is 18.6 Å². The highest BCUT2D eigenvalue weighted by Crippen LogP contribution is 2.30. The Balaban J connectivity index is 1.76. The molecule has 9 heteroatoms. The van der Waals surface area contributed by atoms with Gasteiger partial charge in [0.05, 0.1) is 16.8 Å². The number of nitrogens with one attached hydrogen (secondary N) is 2. The van der Waals surface area contributed by atoms with Gasteiger partial charge in [-0.2, -0.15) is 18.3 Å². The number of hydrogen-bond donors (Lipinski definition) is 2. The van der Waals surface area contributed by atoms with Crippen LogP contribution in [0, 0.1) is 0 Å². The zero-order chi connectivity index (χ0) is 16.9. The largest absolute Gasteiger partial charge is 0.416 e. The van der Waals surface area contributed by atoms with Gasteiger partial charge in [0.2, 0.25) is 0 Å². The molecule has 0 fully saturated rings.